The zero-order valence-corrected chi connectivity index (χ0v) is 12.4. The monoisotopic (exact) mass is 293 g/mol. The van der Waals surface area contributed by atoms with Crippen molar-refractivity contribution in [2.45, 2.75) is 49.2 Å². The molecule has 0 spiro atoms. The number of hydrogen-bond acceptors (Lipinski definition) is 4. The van der Waals surface area contributed by atoms with Crippen molar-refractivity contribution in [2.75, 3.05) is 13.1 Å². The van der Waals surface area contributed by atoms with Crippen molar-refractivity contribution < 1.29 is 8.42 Å². The Balaban J connectivity index is 1.43. The lowest BCUT2D eigenvalue weighted by Crippen LogP contribution is -2.52. The Kier molecular flexibility index (Phi) is 2.55. The van der Waals surface area contributed by atoms with Crippen molar-refractivity contribution in [3.8, 4) is 0 Å². The van der Waals surface area contributed by atoms with Crippen LogP contribution in [0.4, 0.5) is 0 Å². The zero-order valence-electron chi connectivity index (χ0n) is 11.6. The van der Waals surface area contributed by atoms with E-state index in [1.807, 2.05) is 19.3 Å². The van der Waals surface area contributed by atoms with E-state index in [0.717, 1.165) is 18.7 Å². The standard InChI is InChI=1S/C14H19N3O2S/c1-14(4-5-14)20(18,19)17-8-12(9-17)13-15-6-11(7-16-13)10-2-3-10/h6-7,10,12H,2-5,8-9H2,1H3. The van der Waals surface area contributed by atoms with Crippen molar-refractivity contribution in [2.24, 2.45) is 0 Å². The summed E-state index contributed by atoms with van der Waals surface area (Å²) in [6.07, 6.45) is 7.92. The molecule has 108 valence electrons. The first-order valence-corrected chi connectivity index (χ1v) is 8.75. The first-order valence-electron chi connectivity index (χ1n) is 7.31. The number of aromatic nitrogens is 2. The molecule has 6 heteroatoms. The van der Waals surface area contributed by atoms with Gasteiger partial charge in [-0.25, -0.2) is 18.4 Å². The molecule has 3 aliphatic rings. The molecule has 0 atom stereocenters. The smallest absolute Gasteiger partial charge is 0.219 e. The average molecular weight is 293 g/mol. The number of sulfonamides is 1. The molecule has 2 saturated carbocycles. The maximum absolute atomic E-state index is 12.3. The minimum Gasteiger partial charge on any atom is -0.241 e. The highest BCUT2D eigenvalue weighted by Crippen LogP contribution is 2.47. The quantitative estimate of drug-likeness (QED) is 0.846. The molecule has 1 aliphatic heterocycles. The van der Waals surface area contributed by atoms with Crippen molar-refractivity contribution in [1.82, 2.24) is 14.3 Å². The summed E-state index contributed by atoms with van der Waals surface area (Å²) in [6, 6.07) is 0. The van der Waals surface area contributed by atoms with Gasteiger partial charge in [0.1, 0.15) is 5.82 Å². The third-order valence-corrected chi connectivity index (χ3v) is 7.50. The molecule has 4 rings (SSSR count). The minimum atomic E-state index is -3.10. The summed E-state index contributed by atoms with van der Waals surface area (Å²) >= 11 is 0. The summed E-state index contributed by atoms with van der Waals surface area (Å²) in [4.78, 5) is 8.85. The van der Waals surface area contributed by atoms with Gasteiger partial charge in [0, 0.05) is 31.4 Å². The van der Waals surface area contributed by atoms with Crippen molar-refractivity contribution in [1.29, 1.82) is 0 Å². The predicted molar refractivity (Wildman–Crippen MR) is 74.9 cm³/mol. The van der Waals surface area contributed by atoms with Crippen LogP contribution in [0.15, 0.2) is 12.4 Å². The zero-order chi connectivity index (χ0) is 14.0. The molecule has 0 radical (unpaired) electrons. The maximum Gasteiger partial charge on any atom is 0.219 e. The number of hydrogen-bond donors (Lipinski definition) is 0. The number of rotatable bonds is 4. The van der Waals surface area contributed by atoms with Crippen LogP contribution in [0.3, 0.4) is 0 Å². The fourth-order valence-electron chi connectivity index (χ4n) is 2.73. The first kappa shape index (κ1) is 12.7. The van der Waals surface area contributed by atoms with E-state index < -0.39 is 14.8 Å². The average Bonchev–Trinajstić information content (AvgIpc) is 3.22. The van der Waals surface area contributed by atoms with Crippen LogP contribution in [0.2, 0.25) is 0 Å². The first-order chi connectivity index (χ1) is 9.49. The molecule has 0 bridgehead atoms. The molecule has 0 unspecified atom stereocenters. The summed E-state index contributed by atoms with van der Waals surface area (Å²) in [7, 11) is -3.10. The Morgan fingerprint density at radius 2 is 1.75 bits per heavy atom. The molecule has 1 saturated heterocycles. The Morgan fingerprint density at radius 1 is 1.15 bits per heavy atom. The Morgan fingerprint density at radius 3 is 2.25 bits per heavy atom. The summed E-state index contributed by atoms with van der Waals surface area (Å²) in [5.41, 5.74) is 1.23. The second-order valence-corrected chi connectivity index (χ2v) is 9.07. The van der Waals surface area contributed by atoms with Gasteiger partial charge < -0.3 is 0 Å². The lowest BCUT2D eigenvalue weighted by Gasteiger charge is -2.38. The third kappa shape index (κ3) is 1.89. The highest BCUT2D eigenvalue weighted by Gasteiger charge is 2.55. The van der Waals surface area contributed by atoms with Gasteiger partial charge in [0.25, 0.3) is 0 Å². The highest BCUT2D eigenvalue weighted by molar-refractivity contribution is 7.90. The second kappa shape index (κ2) is 4.01. The molecule has 2 heterocycles. The van der Waals surface area contributed by atoms with Gasteiger partial charge in [-0.05, 0) is 44.1 Å². The van der Waals surface area contributed by atoms with Crippen LogP contribution in [0, 0.1) is 0 Å². The predicted octanol–water partition coefficient (Wildman–Crippen LogP) is 1.64. The van der Waals surface area contributed by atoms with Crippen LogP contribution in [-0.2, 0) is 10.0 Å². The lowest BCUT2D eigenvalue weighted by molar-refractivity contribution is 0.252. The van der Waals surface area contributed by atoms with Gasteiger partial charge >= 0.3 is 0 Å². The fourth-order valence-corrected chi connectivity index (χ4v) is 4.72. The normalized spacial score (nSPS) is 26.2. The molecule has 3 fully saturated rings. The molecule has 1 aromatic rings. The Bertz CT molecular complexity index is 627. The van der Waals surface area contributed by atoms with Gasteiger partial charge in [0.05, 0.1) is 4.75 Å². The molecule has 0 aromatic carbocycles. The van der Waals surface area contributed by atoms with Crippen LogP contribution in [-0.4, -0.2) is 40.5 Å². The van der Waals surface area contributed by atoms with E-state index in [9.17, 15) is 8.42 Å². The van der Waals surface area contributed by atoms with E-state index in [-0.39, 0.29) is 5.92 Å². The van der Waals surface area contributed by atoms with Crippen LogP contribution in [0.5, 0.6) is 0 Å². The van der Waals surface area contributed by atoms with Crippen molar-refractivity contribution in [3.63, 3.8) is 0 Å². The van der Waals surface area contributed by atoms with E-state index in [1.165, 1.54) is 18.4 Å². The summed E-state index contributed by atoms with van der Waals surface area (Å²) in [5.74, 6) is 1.62. The van der Waals surface area contributed by atoms with E-state index in [1.54, 1.807) is 4.31 Å². The van der Waals surface area contributed by atoms with E-state index >= 15 is 0 Å². The number of nitrogens with zero attached hydrogens (tertiary/aromatic N) is 3. The van der Waals surface area contributed by atoms with Gasteiger partial charge in [-0.1, -0.05) is 0 Å². The largest absolute Gasteiger partial charge is 0.241 e. The van der Waals surface area contributed by atoms with Gasteiger partial charge in [0.2, 0.25) is 10.0 Å². The highest BCUT2D eigenvalue weighted by atomic mass is 32.2. The molecule has 1 aromatic heterocycles. The lowest BCUT2D eigenvalue weighted by atomic mass is 10.0. The molecule has 20 heavy (non-hydrogen) atoms. The van der Waals surface area contributed by atoms with Crippen LogP contribution < -0.4 is 0 Å². The minimum absolute atomic E-state index is 0.167. The molecule has 0 N–H and O–H groups in total. The van der Waals surface area contributed by atoms with Gasteiger partial charge in [0.15, 0.2) is 0 Å². The molecule has 5 nitrogen and oxygen atoms in total. The SMILES string of the molecule is CC1(S(=O)(=O)N2CC(c3ncc(C4CC4)cn3)C2)CC1. The topological polar surface area (TPSA) is 63.2 Å². The molecular weight excluding hydrogens is 274 g/mol. The van der Waals surface area contributed by atoms with Crippen LogP contribution in [0.1, 0.15) is 55.8 Å². The molecular formula is C14H19N3O2S. The van der Waals surface area contributed by atoms with Crippen LogP contribution >= 0.6 is 0 Å². The van der Waals surface area contributed by atoms with E-state index in [2.05, 4.69) is 9.97 Å². The van der Waals surface area contributed by atoms with Crippen molar-refractivity contribution in [3.05, 3.63) is 23.8 Å². The maximum atomic E-state index is 12.3. The van der Waals surface area contributed by atoms with Crippen LogP contribution in [0.25, 0.3) is 0 Å². The van der Waals surface area contributed by atoms with Gasteiger partial charge in [-0.15, -0.1) is 0 Å². The summed E-state index contributed by atoms with van der Waals surface area (Å²) in [5, 5.41) is 0. The second-order valence-electron chi connectivity index (χ2n) is 6.62. The fraction of sp³-hybridized carbons (Fsp3) is 0.714. The Labute approximate surface area is 119 Å². The van der Waals surface area contributed by atoms with E-state index in [0.29, 0.717) is 19.0 Å². The van der Waals surface area contributed by atoms with E-state index in [4.69, 9.17) is 0 Å². The molecule has 2 aliphatic carbocycles. The van der Waals surface area contributed by atoms with Crippen molar-refractivity contribution >= 4 is 10.0 Å². The van der Waals surface area contributed by atoms with Gasteiger partial charge in [-0.3, -0.25) is 0 Å². The van der Waals surface area contributed by atoms with Gasteiger partial charge in [-0.2, -0.15) is 4.31 Å². The summed E-state index contributed by atoms with van der Waals surface area (Å²) < 4.78 is 25.7. The third-order valence-electron chi connectivity index (χ3n) is 4.87. The summed E-state index contributed by atoms with van der Waals surface area (Å²) in [6.45, 7) is 2.93. The molecule has 0 amide bonds. The Hall–Kier alpha value is -1.01.